The first-order valence-corrected chi connectivity index (χ1v) is 6.75. The Morgan fingerprint density at radius 1 is 1.00 bits per heavy atom. The van der Waals surface area contributed by atoms with E-state index in [9.17, 15) is 0 Å². The van der Waals surface area contributed by atoms with Crippen LogP contribution < -0.4 is 5.19 Å². The summed E-state index contributed by atoms with van der Waals surface area (Å²) in [6, 6.07) is 9.72. The fraction of sp³-hybridized carbons (Fsp3) is 0.455. The predicted octanol–water partition coefficient (Wildman–Crippen LogP) is 0.770. The second kappa shape index (κ2) is 8.43. The zero-order chi connectivity index (χ0) is 12.4. The molecule has 1 rings (SSSR count). The number of hydrogen-bond donors (Lipinski definition) is 1. The van der Waals surface area contributed by atoms with Crippen LogP contribution in [-0.4, -0.2) is 41.8 Å². The number of benzene rings is 1. The molecule has 0 heterocycles. The van der Waals surface area contributed by atoms with Crippen molar-refractivity contribution >= 4 is 14.0 Å². The lowest BCUT2D eigenvalue weighted by Gasteiger charge is -2.24. The maximum Gasteiger partial charge on any atom is 0.536 e. The Morgan fingerprint density at radius 2 is 1.38 bits per heavy atom. The van der Waals surface area contributed by atoms with E-state index in [-0.39, 0.29) is 6.61 Å². The van der Waals surface area contributed by atoms with Gasteiger partial charge >= 0.3 is 8.80 Å². The fourth-order valence-corrected chi connectivity index (χ4v) is 3.05. The van der Waals surface area contributed by atoms with E-state index < -0.39 is 8.80 Å². The number of rotatable bonds is 4. The minimum Gasteiger partial charge on any atom is -0.397 e. The van der Waals surface area contributed by atoms with Crippen LogP contribution in [0.25, 0.3) is 0 Å². The summed E-state index contributed by atoms with van der Waals surface area (Å²) in [6.45, 7) is 1.93. The number of aliphatic hydroxyl groups is 1. The van der Waals surface area contributed by atoms with E-state index in [0.29, 0.717) is 0 Å². The van der Waals surface area contributed by atoms with Crippen LogP contribution in [-0.2, 0) is 13.3 Å². The molecule has 0 unspecified atom stereocenters. The van der Waals surface area contributed by atoms with Gasteiger partial charge in [0, 0.05) is 33.1 Å². The average Bonchev–Trinajstić information content (AvgIpc) is 2.34. The highest BCUT2D eigenvalue weighted by Crippen LogP contribution is 2.05. The number of aliphatic hydroxyl groups excluding tert-OH is 1. The standard InChI is InChI=1S/C9H14O3Si.C2H6O/c1-10-13(11-2,12-3)9-7-5-4-6-8-9;1-2-3/h4-8H,1-3H3;3H,2H2,1H3. The molecule has 0 aliphatic heterocycles. The first-order valence-electron chi connectivity index (χ1n) is 5.02. The molecule has 16 heavy (non-hydrogen) atoms. The van der Waals surface area contributed by atoms with Crippen LogP contribution in [0.2, 0.25) is 0 Å². The summed E-state index contributed by atoms with van der Waals surface area (Å²) in [5, 5.41) is 8.54. The molecule has 0 radical (unpaired) electrons. The second-order valence-electron chi connectivity index (χ2n) is 2.85. The molecule has 1 aromatic rings. The summed E-state index contributed by atoms with van der Waals surface area (Å²) in [6.07, 6.45) is 0. The van der Waals surface area contributed by atoms with Crippen molar-refractivity contribution in [2.75, 3.05) is 27.9 Å². The zero-order valence-electron chi connectivity index (χ0n) is 10.3. The molecule has 0 spiro atoms. The van der Waals surface area contributed by atoms with Gasteiger partial charge in [0.15, 0.2) is 0 Å². The van der Waals surface area contributed by atoms with E-state index in [1.54, 1.807) is 28.3 Å². The van der Waals surface area contributed by atoms with Gasteiger partial charge in [-0.15, -0.1) is 0 Å². The van der Waals surface area contributed by atoms with E-state index in [1.807, 2.05) is 30.3 Å². The molecule has 1 N–H and O–H groups in total. The van der Waals surface area contributed by atoms with Gasteiger partial charge in [-0.2, -0.15) is 0 Å². The summed E-state index contributed by atoms with van der Waals surface area (Å²) in [5.41, 5.74) is 0. The van der Waals surface area contributed by atoms with Crippen molar-refractivity contribution in [3.63, 3.8) is 0 Å². The molecule has 5 heteroatoms. The average molecular weight is 244 g/mol. The molecule has 0 aliphatic rings. The van der Waals surface area contributed by atoms with Crippen molar-refractivity contribution in [3.05, 3.63) is 30.3 Å². The molecule has 0 fully saturated rings. The molecule has 0 aliphatic carbocycles. The van der Waals surface area contributed by atoms with Crippen LogP contribution in [0.3, 0.4) is 0 Å². The smallest absolute Gasteiger partial charge is 0.397 e. The zero-order valence-corrected chi connectivity index (χ0v) is 11.3. The summed E-state index contributed by atoms with van der Waals surface area (Å²) in [5.74, 6) is 0. The van der Waals surface area contributed by atoms with Gasteiger partial charge in [0.1, 0.15) is 0 Å². The Kier molecular flexibility index (Phi) is 8.05. The largest absolute Gasteiger partial charge is 0.536 e. The van der Waals surface area contributed by atoms with Gasteiger partial charge in [0.2, 0.25) is 0 Å². The molecule has 92 valence electrons. The lowest BCUT2D eigenvalue weighted by atomic mass is 10.4. The van der Waals surface area contributed by atoms with Crippen molar-refractivity contribution in [1.82, 2.24) is 0 Å². The molecule has 0 saturated heterocycles. The van der Waals surface area contributed by atoms with Crippen molar-refractivity contribution in [2.45, 2.75) is 6.92 Å². The molecule has 0 amide bonds. The highest BCUT2D eigenvalue weighted by Gasteiger charge is 2.40. The Labute approximate surface area is 98.1 Å². The van der Waals surface area contributed by atoms with E-state index in [4.69, 9.17) is 18.4 Å². The van der Waals surface area contributed by atoms with Crippen molar-refractivity contribution in [2.24, 2.45) is 0 Å². The van der Waals surface area contributed by atoms with E-state index in [0.717, 1.165) is 5.19 Å². The quantitative estimate of drug-likeness (QED) is 0.795. The first-order chi connectivity index (χ1) is 7.70. The van der Waals surface area contributed by atoms with Gasteiger partial charge in [0.25, 0.3) is 0 Å². The third kappa shape index (κ3) is 4.03. The lowest BCUT2D eigenvalue weighted by molar-refractivity contribution is 0.140. The number of hydrogen-bond acceptors (Lipinski definition) is 4. The normalized spacial score (nSPS) is 10.6. The molecule has 0 bridgehead atoms. The van der Waals surface area contributed by atoms with Gasteiger partial charge < -0.3 is 18.4 Å². The Balaban J connectivity index is 0.000000673. The van der Waals surface area contributed by atoms with E-state index in [2.05, 4.69) is 0 Å². The highest BCUT2D eigenvalue weighted by molar-refractivity contribution is 6.75. The molecule has 0 saturated carbocycles. The van der Waals surface area contributed by atoms with Crippen LogP contribution in [0.4, 0.5) is 0 Å². The molecular weight excluding hydrogens is 224 g/mol. The molecular formula is C11H20O4Si. The SMILES string of the molecule is CCO.CO[Si](OC)(OC)c1ccccc1. The Bertz CT molecular complexity index is 254. The van der Waals surface area contributed by atoms with E-state index in [1.165, 1.54) is 0 Å². The predicted molar refractivity (Wildman–Crippen MR) is 65.6 cm³/mol. The van der Waals surface area contributed by atoms with Gasteiger partial charge in [-0.25, -0.2) is 0 Å². The van der Waals surface area contributed by atoms with Crippen LogP contribution in [0.15, 0.2) is 30.3 Å². The molecule has 1 aromatic carbocycles. The topological polar surface area (TPSA) is 47.9 Å². The Morgan fingerprint density at radius 3 is 1.69 bits per heavy atom. The lowest BCUT2D eigenvalue weighted by Crippen LogP contribution is -2.54. The van der Waals surface area contributed by atoms with Crippen molar-refractivity contribution < 1.29 is 18.4 Å². The first kappa shape index (κ1) is 15.3. The van der Waals surface area contributed by atoms with Crippen molar-refractivity contribution in [3.8, 4) is 0 Å². The third-order valence-electron chi connectivity index (χ3n) is 1.93. The van der Waals surface area contributed by atoms with Gasteiger partial charge in [0.05, 0.1) is 0 Å². The Hall–Kier alpha value is -0.723. The van der Waals surface area contributed by atoms with Gasteiger partial charge in [-0.1, -0.05) is 30.3 Å². The summed E-state index contributed by atoms with van der Waals surface area (Å²) >= 11 is 0. The van der Waals surface area contributed by atoms with Crippen LogP contribution in [0.5, 0.6) is 0 Å². The third-order valence-corrected chi connectivity index (χ3v) is 4.59. The minimum atomic E-state index is -2.59. The van der Waals surface area contributed by atoms with Crippen LogP contribution in [0, 0.1) is 0 Å². The second-order valence-corrected chi connectivity index (χ2v) is 5.77. The summed E-state index contributed by atoms with van der Waals surface area (Å²) in [4.78, 5) is 0. The summed E-state index contributed by atoms with van der Waals surface area (Å²) in [7, 11) is 2.22. The maximum absolute atomic E-state index is 7.57. The molecule has 0 aromatic heterocycles. The summed E-state index contributed by atoms with van der Waals surface area (Å²) < 4.78 is 16.0. The monoisotopic (exact) mass is 244 g/mol. The van der Waals surface area contributed by atoms with Crippen LogP contribution in [0.1, 0.15) is 6.92 Å². The minimum absolute atomic E-state index is 0.250. The van der Waals surface area contributed by atoms with Crippen LogP contribution >= 0.6 is 0 Å². The molecule has 0 atom stereocenters. The van der Waals surface area contributed by atoms with Crippen molar-refractivity contribution in [1.29, 1.82) is 0 Å². The van der Waals surface area contributed by atoms with Gasteiger partial charge in [-0.05, 0) is 6.92 Å². The highest BCUT2D eigenvalue weighted by atomic mass is 28.4. The van der Waals surface area contributed by atoms with E-state index >= 15 is 0 Å². The maximum atomic E-state index is 7.57. The van der Waals surface area contributed by atoms with Gasteiger partial charge in [-0.3, -0.25) is 0 Å². The molecule has 4 nitrogen and oxygen atoms in total. The fourth-order valence-electron chi connectivity index (χ4n) is 1.25.